The van der Waals surface area contributed by atoms with Gasteiger partial charge in [-0.1, -0.05) is 0 Å². The summed E-state index contributed by atoms with van der Waals surface area (Å²) in [6.07, 6.45) is -7.00. The Labute approximate surface area is 103 Å². The monoisotopic (exact) mass is 280 g/mol. The lowest BCUT2D eigenvalue weighted by Crippen LogP contribution is -2.37. The van der Waals surface area contributed by atoms with Crippen molar-refractivity contribution in [2.24, 2.45) is 0 Å². The maximum absolute atomic E-state index is 12.0. The van der Waals surface area contributed by atoms with Crippen LogP contribution in [0.15, 0.2) is 23.1 Å². The number of aliphatic carboxylic acids is 1. The van der Waals surface area contributed by atoms with E-state index in [-0.39, 0.29) is 4.57 Å². The van der Waals surface area contributed by atoms with Crippen molar-refractivity contribution in [2.45, 2.75) is 12.4 Å². The maximum atomic E-state index is 12.0. The van der Waals surface area contributed by atoms with E-state index < -0.39 is 35.6 Å². The Hall–Kier alpha value is -2.52. The minimum absolute atomic E-state index is 0.265. The number of carbonyl (C=O) groups is 2. The lowest BCUT2D eigenvalue weighted by atomic mass is 10.4. The Morgan fingerprint density at radius 3 is 2.47 bits per heavy atom. The predicted octanol–water partition coefficient (Wildman–Crippen LogP) is 0.119. The highest BCUT2D eigenvalue weighted by molar-refractivity contribution is 5.80. The molecule has 0 saturated carbocycles. The molecule has 0 aliphatic rings. The summed E-state index contributed by atoms with van der Waals surface area (Å²) in [6, 6.07) is 2.23. The number of carbonyl (C=O) groups excluding carboxylic acids is 1. The van der Waals surface area contributed by atoms with Crippen LogP contribution in [0.2, 0.25) is 0 Å². The molecule has 0 saturated heterocycles. The standard InChI is InChI=1S/C9H7F3N2O5/c10-9(11,12)8(18)19-6(7(16)17)14-3-1-2-4(13)5(14)15/h1-3,6H,13H2,(H,16,17). The largest absolute Gasteiger partial charge is 0.491 e. The summed E-state index contributed by atoms with van der Waals surface area (Å²) in [7, 11) is 0. The Bertz CT molecular complexity index is 566. The van der Waals surface area contributed by atoms with Crippen LogP contribution in [0.4, 0.5) is 18.9 Å². The van der Waals surface area contributed by atoms with Gasteiger partial charge in [-0.25, -0.2) is 9.59 Å². The zero-order chi connectivity index (χ0) is 14.8. The smallest absolute Gasteiger partial charge is 0.477 e. The minimum Gasteiger partial charge on any atom is -0.477 e. The van der Waals surface area contributed by atoms with E-state index in [1.807, 2.05) is 0 Å². The lowest BCUT2D eigenvalue weighted by molar-refractivity contribution is -0.212. The molecule has 0 spiro atoms. The number of ether oxygens (including phenoxy) is 1. The molecule has 1 atom stereocenters. The number of pyridine rings is 1. The van der Waals surface area contributed by atoms with E-state index in [1.54, 1.807) is 0 Å². The second-order valence-electron chi connectivity index (χ2n) is 3.27. The van der Waals surface area contributed by atoms with Crippen molar-refractivity contribution in [1.82, 2.24) is 4.57 Å². The van der Waals surface area contributed by atoms with Crippen molar-refractivity contribution in [3.8, 4) is 0 Å². The van der Waals surface area contributed by atoms with Crippen molar-refractivity contribution < 1.29 is 32.6 Å². The predicted molar refractivity (Wildman–Crippen MR) is 53.9 cm³/mol. The van der Waals surface area contributed by atoms with E-state index >= 15 is 0 Å². The molecule has 0 bridgehead atoms. The molecular formula is C9H7F3N2O5. The number of nitrogen functional groups attached to an aromatic ring is 1. The second-order valence-corrected chi connectivity index (χ2v) is 3.27. The van der Waals surface area contributed by atoms with Crippen molar-refractivity contribution >= 4 is 17.6 Å². The number of alkyl halides is 3. The highest BCUT2D eigenvalue weighted by atomic mass is 19.4. The van der Waals surface area contributed by atoms with Gasteiger partial charge in [-0.2, -0.15) is 13.2 Å². The van der Waals surface area contributed by atoms with Gasteiger partial charge in [0, 0.05) is 6.20 Å². The van der Waals surface area contributed by atoms with Crippen LogP contribution >= 0.6 is 0 Å². The van der Waals surface area contributed by atoms with Gasteiger partial charge in [-0.05, 0) is 12.1 Å². The quantitative estimate of drug-likeness (QED) is 0.760. The van der Waals surface area contributed by atoms with Crippen LogP contribution in [0.5, 0.6) is 0 Å². The summed E-state index contributed by atoms with van der Waals surface area (Å²) in [5, 5.41) is 8.71. The number of hydrogen-bond donors (Lipinski definition) is 2. The normalized spacial score (nSPS) is 12.8. The molecule has 1 aromatic rings. The summed E-state index contributed by atoms with van der Waals surface area (Å²) in [6.45, 7) is 0. The third-order valence-corrected chi connectivity index (χ3v) is 1.92. The van der Waals surface area contributed by atoms with Crippen molar-refractivity contribution in [2.75, 3.05) is 5.73 Å². The highest BCUT2D eigenvalue weighted by Gasteiger charge is 2.44. The number of carboxylic acids is 1. The number of carboxylic acid groups (broad SMARTS) is 1. The summed E-state index contributed by atoms with van der Waals surface area (Å²) in [5.74, 6) is -4.68. The number of aromatic nitrogens is 1. The minimum atomic E-state index is -5.38. The average molecular weight is 280 g/mol. The molecule has 7 nitrogen and oxygen atoms in total. The number of nitrogens with zero attached hydrogens (tertiary/aromatic N) is 1. The molecule has 10 heteroatoms. The van der Waals surface area contributed by atoms with E-state index in [9.17, 15) is 27.6 Å². The zero-order valence-corrected chi connectivity index (χ0v) is 9.05. The van der Waals surface area contributed by atoms with Crippen LogP contribution in [0.1, 0.15) is 6.23 Å². The summed E-state index contributed by atoms with van der Waals surface area (Å²) < 4.78 is 40.0. The topological polar surface area (TPSA) is 112 Å². The molecule has 0 aromatic carbocycles. The molecule has 1 rings (SSSR count). The highest BCUT2D eigenvalue weighted by Crippen LogP contribution is 2.20. The van der Waals surface area contributed by atoms with Crippen molar-refractivity contribution in [3.63, 3.8) is 0 Å². The van der Waals surface area contributed by atoms with Crippen LogP contribution in [-0.4, -0.2) is 27.8 Å². The van der Waals surface area contributed by atoms with Crippen LogP contribution in [0, 0.1) is 0 Å². The first-order valence-corrected chi connectivity index (χ1v) is 4.62. The summed E-state index contributed by atoms with van der Waals surface area (Å²) in [5.41, 5.74) is 3.69. The molecule has 1 unspecified atom stereocenters. The van der Waals surface area contributed by atoms with Crippen molar-refractivity contribution in [1.29, 1.82) is 0 Å². The fourth-order valence-electron chi connectivity index (χ4n) is 1.11. The molecule has 0 amide bonds. The average Bonchev–Trinajstić information content (AvgIpc) is 2.28. The number of nitrogens with two attached hydrogens (primary N) is 1. The van der Waals surface area contributed by atoms with Gasteiger partial charge in [0.1, 0.15) is 0 Å². The molecule has 0 aliphatic heterocycles. The van der Waals surface area contributed by atoms with Gasteiger partial charge < -0.3 is 15.6 Å². The zero-order valence-electron chi connectivity index (χ0n) is 9.05. The molecule has 104 valence electrons. The first kappa shape index (κ1) is 14.5. The van der Waals surface area contributed by atoms with E-state index in [4.69, 9.17) is 10.8 Å². The van der Waals surface area contributed by atoms with Gasteiger partial charge in [0.2, 0.25) is 0 Å². The van der Waals surface area contributed by atoms with Crippen molar-refractivity contribution in [3.05, 3.63) is 28.7 Å². The first-order valence-electron chi connectivity index (χ1n) is 4.62. The number of hydrogen-bond acceptors (Lipinski definition) is 5. The Morgan fingerprint density at radius 2 is 2.00 bits per heavy atom. The van der Waals surface area contributed by atoms with Gasteiger partial charge >= 0.3 is 18.1 Å². The van der Waals surface area contributed by atoms with Gasteiger partial charge in [0.15, 0.2) is 0 Å². The fraction of sp³-hybridized carbons (Fsp3) is 0.222. The number of anilines is 1. The van der Waals surface area contributed by atoms with Crippen LogP contribution in [0.25, 0.3) is 0 Å². The number of esters is 1. The molecule has 0 aliphatic carbocycles. The third-order valence-electron chi connectivity index (χ3n) is 1.92. The van der Waals surface area contributed by atoms with E-state index in [0.29, 0.717) is 0 Å². The molecule has 0 fully saturated rings. The van der Waals surface area contributed by atoms with E-state index in [2.05, 4.69) is 4.74 Å². The van der Waals surface area contributed by atoms with Gasteiger partial charge in [-0.15, -0.1) is 0 Å². The Morgan fingerprint density at radius 1 is 1.42 bits per heavy atom. The summed E-state index contributed by atoms with van der Waals surface area (Å²) in [4.78, 5) is 32.8. The third kappa shape index (κ3) is 3.24. The molecule has 0 radical (unpaired) electrons. The number of rotatable bonds is 3. The Kier molecular flexibility index (Phi) is 3.83. The van der Waals surface area contributed by atoms with Crippen LogP contribution in [0.3, 0.4) is 0 Å². The SMILES string of the molecule is Nc1cccn(C(OC(=O)C(F)(F)F)C(=O)O)c1=O. The molecular weight excluding hydrogens is 273 g/mol. The van der Waals surface area contributed by atoms with Gasteiger partial charge in [-0.3, -0.25) is 9.36 Å². The van der Waals surface area contributed by atoms with E-state index in [0.717, 1.165) is 18.3 Å². The molecule has 1 aromatic heterocycles. The maximum Gasteiger partial charge on any atom is 0.491 e. The second kappa shape index (κ2) is 5.00. The van der Waals surface area contributed by atoms with Crippen LogP contribution in [-0.2, 0) is 14.3 Å². The fourth-order valence-corrected chi connectivity index (χ4v) is 1.11. The van der Waals surface area contributed by atoms with Crippen LogP contribution < -0.4 is 11.3 Å². The molecule has 1 heterocycles. The van der Waals surface area contributed by atoms with Gasteiger partial charge in [0.05, 0.1) is 5.69 Å². The Balaban J connectivity index is 3.16. The molecule has 3 N–H and O–H groups in total. The number of halogens is 3. The van der Waals surface area contributed by atoms with Gasteiger partial charge in [0.25, 0.3) is 11.8 Å². The van der Waals surface area contributed by atoms with E-state index in [1.165, 1.54) is 0 Å². The summed E-state index contributed by atoms with van der Waals surface area (Å²) >= 11 is 0. The molecule has 19 heavy (non-hydrogen) atoms. The lowest BCUT2D eigenvalue weighted by Gasteiger charge is -2.17. The first-order chi connectivity index (χ1) is 8.64.